The Morgan fingerprint density at radius 3 is 3.08 bits per heavy atom. The van der Waals surface area contributed by atoms with Crippen LogP contribution in [-0.2, 0) is 4.74 Å². The third-order valence-electron chi connectivity index (χ3n) is 2.40. The highest BCUT2D eigenvalue weighted by Gasteiger charge is 2.21. The van der Waals surface area contributed by atoms with Crippen LogP contribution in [0.4, 0.5) is 0 Å². The lowest BCUT2D eigenvalue weighted by molar-refractivity contribution is 0.0497. The van der Waals surface area contributed by atoms with Crippen molar-refractivity contribution in [1.82, 2.24) is 5.32 Å². The van der Waals surface area contributed by atoms with Gasteiger partial charge in [-0.05, 0) is 32.2 Å². The Kier molecular flexibility index (Phi) is 4.58. The Bertz CT molecular complexity index is 119. The monoisotopic (exact) mass is 173 g/mol. The first-order chi connectivity index (χ1) is 5.84. The molecule has 0 amide bonds. The fraction of sp³-hybridized carbons (Fsp3) is 1.00. The van der Waals surface area contributed by atoms with Gasteiger partial charge in [-0.25, -0.2) is 0 Å². The Morgan fingerprint density at radius 1 is 1.58 bits per heavy atom. The van der Waals surface area contributed by atoms with E-state index in [4.69, 9.17) is 4.74 Å². The Balaban J connectivity index is 2.11. The van der Waals surface area contributed by atoms with Crippen molar-refractivity contribution in [2.75, 3.05) is 26.3 Å². The second-order valence-electron chi connectivity index (χ2n) is 3.31. The van der Waals surface area contributed by atoms with Crippen LogP contribution in [0.2, 0.25) is 0 Å². The molecule has 1 aliphatic rings. The lowest BCUT2D eigenvalue weighted by Crippen LogP contribution is -2.40. The zero-order valence-corrected chi connectivity index (χ0v) is 7.75. The molecule has 12 heavy (non-hydrogen) atoms. The van der Waals surface area contributed by atoms with Gasteiger partial charge in [-0.1, -0.05) is 0 Å². The van der Waals surface area contributed by atoms with Crippen molar-refractivity contribution >= 4 is 0 Å². The smallest absolute Gasteiger partial charge is 0.0593 e. The van der Waals surface area contributed by atoms with Crippen molar-refractivity contribution in [3.8, 4) is 0 Å². The maximum atomic E-state index is 9.57. The molecule has 2 N–H and O–H groups in total. The highest BCUT2D eigenvalue weighted by atomic mass is 16.5. The van der Waals surface area contributed by atoms with Crippen molar-refractivity contribution < 1.29 is 9.84 Å². The molecule has 2 unspecified atom stereocenters. The van der Waals surface area contributed by atoms with E-state index in [0.717, 1.165) is 39.1 Å². The summed E-state index contributed by atoms with van der Waals surface area (Å²) in [5.41, 5.74) is 0. The molecular formula is C9H19NO2. The summed E-state index contributed by atoms with van der Waals surface area (Å²) in [5.74, 6) is 0.394. The minimum Gasteiger partial charge on any atom is -0.393 e. The number of aliphatic hydroxyl groups is 1. The quantitative estimate of drug-likeness (QED) is 0.604. The summed E-state index contributed by atoms with van der Waals surface area (Å²) < 4.78 is 5.25. The molecule has 1 fully saturated rings. The molecular weight excluding hydrogens is 154 g/mol. The molecule has 0 aromatic carbocycles. The third kappa shape index (κ3) is 3.09. The summed E-state index contributed by atoms with van der Waals surface area (Å²) >= 11 is 0. The molecule has 0 aromatic rings. The van der Waals surface area contributed by atoms with Crippen molar-refractivity contribution in [1.29, 1.82) is 0 Å². The molecule has 1 heterocycles. The molecule has 2 atom stereocenters. The molecule has 3 heteroatoms. The predicted molar refractivity (Wildman–Crippen MR) is 48.1 cm³/mol. The molecule has 0 bridgehead atoms. The zero-order valence-electron chi connectivity index (χ0n) is 7.75. The summed E-state index contributed by atoms with van der Waals surface area (Å²) in [5, 5.41) is 12.8. The minimum absolute atomic E-state index is 0.119. The Morgan fingerprint density at radius 2 is 2.42 bits per heavy atom. The number of hydrogen-bond acceptors (Lipinski definition) is 3. The van der Waals surface area contributed by atoms with Crippen LogP contribution in [0.1, 0.15) is 19.8 Å². The number of piperidine rings is 1. The molecule has 1 aliphatic heterocycles. The van der Waals surface area contributed by atoms with Crippen LogP contribution in [0.15, 0.2) is 0 Å². The lowest BCUT2D eigenvalue weighted by Gasteiger charge is -2.28. The summed E-state index contributed by atoms with van der Waals surface area (Å²) in [4.78, 5) is 0. The van der Waals surface area contributed by atoms with E-state index in [-0.39, 0.29) is 6.10 Å². The molecule has 1 saturated heterocycles. The number of hydrogen-bond donors (Lipinski definition) is 2. The van der Waals surface area contributed by atoms with E-state index >= 15 is 0 Å². The first-order valence-electron chi connectivity index (χ1n) is 4.81. The maximum Gasteiger partial charge on any atom is 0.0593 e. The zero-order chi connectivity index (χ0) is 8.81. The highest BCUT2D eigenvalue weighted by Crippen LogP contribution is 2.14. The van der Waals surface area contributed by atoms with E-state index in [1.807, 2.05) is 6.92 Å². The fourth-order valence-electron chi connectivity index (χ4n) is 1.58. The van der Waals surface area contributed by atoms with Gasteiger partial charge in [0.1, 0.15) is 0 Å². The summed E-state index contributed by atoms with van der Waals surface area (Å²) in [6, 6.07) is 0. The van der Waals surface area contributed by atoms with Crippen LogP contribution in [0.5, 0.6) is 0 Å². The van der Waals surface area contributed by atoms with Crippen LogP contribution >= 0.6 is 0 Å². The van der Waals surface area contributed by atoms with E-state index in [0.29, 0.717) is 5.92 Å². The number of aliphatic hydroxyl groups excluding tert-OH is 1. The van der Waals surface area contributed by atoms with E-state index in [1.165, 1.54) is 0 Å². The van der Waals surface area contributed by atoms with Gasteiger partial charge < -0.3 is 15.2 Å². The predicted octanol–water partition coefficient (Wildman–Crippen LogP) is 0.383. The summed E-state index contributed by atoms with van der Waals surface area (Å²) in [6.45, 7) is 5.44. The van der Waals surface area contributed by atoms with Crippen molar-refractivity contribution in [3.05, 3.63) is 0 Å². The van der Waals surface area contributed by atoms with Crippen LogP contribution in [0.25, 0.3) is 0 Å². The first-order valence-corrected chi connectivity index (χ1v) is 4.81. The molecule has 0 aliphatic carbocycles. The second kappa shape index (κ2) is 5.51. The molecule has 1 rings (SSSR count). The molecule has 0 spiro atoms. The van der Waals surface area contributed by atoms with Gasteiger partial charge in [0.2, 0.25) is 0 Å². The average molecular weight is 173 g/mol. The van der Waals surface area contributed by atoms with Crippen LogP contribution < -0.4 is 5.32 Å². The lowest BCUT2D eigenvalue weighted by atomic mass is 9.93. The normalized spacial score (nSPS) is 30.5. The largest absolute Gasteiger partial charge is 0.393 e. The molecule has 0 aromatic heterocycles. The van der Waals surface area contributed by atoms with Gasteiger partial charge in [0.25, 0.3) is 0 Å². The maximum absolute atomic E-state index is 9.57. The van der Waals surface area contributed by atoms with Gasteiger partial charge in [0.15, 0.2) is 0 Å². The van der Waals surface area contributed by atoms with Crippen LogP contribution in [-0.4, -0.2) is 37.5 Å². The first kappa shape index (κ1) is 9.96. The molecule has 72 valence electrons. The van der Waals surface area contributed by atoms with Crippen molar-refractivity contribution in [2.45, 2.75) is 25.9 Å². The summed E-state index contributed by atoms with van der Waals surface area (Å²) in [6.07, 6.45) is 1.74. The van der Waals surface area contributed by atoms with Gasteiger partial charge in [-0.2, -0.15) is 0 Å². The third-order valence-corrected chi connectivity index (χ3v) is 2.40. The molecule has 0 radical (unpaired) electrons. The number of ether oxygens (including phenoxy) is 1. The fourth-order valence-corrected chi connectivity index (χ4v) is 1.58. The van der Waals surface area contributed by atoms with Crippen LogP contribution in [0.3, 0.4) is 0 Å². The van der Waals surface area contributed by atoms with Crippen molar-refractivity contribution in [3.63, 3.8) is 0 Å². The van der Waals surface area contributed by atoms with E-state index < -0.39 is 0 Å². The van der Waals surface area contributed by atoms with Gasteiger partial charge in [0.05, 0.1) is 6.10 Å². The van der Waals surface area contributed by atoms with E-state index in [2.05, 4.69) is 5.32 Å². The Labute approximate surface area is 74.1 Å². The van der Waals surface area contributed by atoms with E-state index in [9.17, 15) is 5.11 Å². The SMILES string of the molecule is CCOCCC1CNCCC1O. The number of rotatable bonds is 4. The van der Waals surface area contributed by atoms with Gasteiger partial charge in [-0.15, -0.1) is 0 Å². The molecule has 3 nitrogen and oxygen atoms in total. The minimum atomic E-state index is -0.119. The Hall–Kier alpha value is -0.120. The van der Waals surface area contributed by atoms with E-state index in [1.54, 1.807) is 0 Å². The van der Waals surface area contributed by atoms with Gasteiger partial charge in [-0.3, -0.25) is 0 Å². The van der Waals surface area contributed by atoms with Crippen molar-refractivity contribution in [2.24, 2.45) is 5.92 Å². The topological polar surface area (TPSA) is 41.5 Å². The second-order valence-corrected chi connectivity index (χ2v) is 3.31. The highest BCUT2D eigenvalue weighted by molar-refractivity contribution is 4.76. The molecule has 0 saturated carbocycles. The summed E-state index contributed by atoms with van der Waals surface area (Å²) in [7, 11) is 0. The van der Waals surface area contributed by atoms with Crippen LogP contribution in [0, 0.1) is 5.92 Å². The standard InChI is InChI=1S/C9H19NO2/c1-2-12-6-4-8-7-10-5-3-9(8)11/h8-11H,2-7H2,1H3. The number of nitrogens with one attached hydrogen (secondary N) is 1. The average Bonchev–Trinajstić information content (AvgIpc) is 2.09. The van der Waals surface area contributed by atoms with Gasteiger partial charge >= 0.3 is 0 Å². The van der Waals surface area contributed by atoms with Gasteiger partial charge in [0, 0.05) is 19.8 Å².